The number of hydrogen-bond donors (Lipinski definition) is 2. The molecule has 0 aliphatic heterocycles. The molecule has 0 bridgehead atoms. The first-order chi connectivity index (χ1) is 7.75. The number of halogens is 1. The molecular weight excluding hydrogens is 238 g/mol. The van der Waals surface area contributed by atoms with Crippen molar-refractivity contribution >= 4 is 23.0 Å². The predicted octanol–water partition coefficient (Wildman–Crippen LogP) is -0.335. The van der Waals surface area contributed by atoms with Gasteiger partial charge in [0.05, 0.1) is 5.69 Å². The second-order valence-electron chi connectivity index (χ2n) is 3.18. The van der Waals surface area contributed by atoms with Gasteiger partial charge in [-0.15, -0.1) is 5.11 Å². The molecule has 0 fully saturated rings. The smallest absolute Gasteiger partial charge is 0.153 e. The minimum Gasteiger partial charge on any atom is -1.00 e. The van der Waals surface area contributed by atoms with E-state index in [-0.39, 0.29) is 18.2 Å². The van der Waals surface area contributed by atoms with E-state index < -0.39 is 0 Å². The fraction of sp³-hybridized carbons (Fsp3) is 0. The van der Waals surface area contributed by atoms with Gasteiger partial charge in [0.15, 0.2) is 5.82 Å². The minimum atomic E-state index is 0. The molecule has 0 spiro atoms. The third-order valence-electron chi connectivity index (χ3n) is 1.95. The van der Waals surface area contributed by atoms with Crippen molar-refractivity contribution in [3.05, 3.63) is 42.5 Å². The zero-order valence-corrected chi connectivity index (χ0v) is 9.67. The predicted molar refractivity (Wildman–Crippen MR) is 63.7 cm³/mol. The fourth-order valence-corrected chi connectivity index (χ4v) is 1.17. The van der Waals surface area contributed by atoms with Crippen LogP contribution in [0.2, 0.25) is 0 Å². The van der Waals surface area contributed by atoms with Crippen molar-refractivity contribution in [3.63, 3.8) is 0 Å². The van der Waals surface area contributed by atoms with E-state index in [9.17, 15) is 0 Å². The normalized spacial score (nSPS) is 10.1. The molecule has 0 amide bonds. The molecule has 4 N–H and O–H groups in total. The molecule has 1 aromatic heterocycles. The highest BCUT2D eigenvalue weighted by molar-refractivity contribution is 5.60. The van der Waals surface area contributed by atoms with Crippen LogP contribution < -0.4 is 23.9 Å². The Labute approximate surface area is 105 Å². The van der Waals surface area contributed by atoms with Crippen LogP contribution in [0.1, 0.15) is 0 Å². The zero-order valence-electron chi connectivity index (χ0n) is 8.92. The van der Waals surface area contributed by atoms with Crippen molar-refractivity contribution in [1.29, 1.82) is 0 Å². The van der Waals surface area contributed by atoms with Crippen LogP contribution in [0.15, 0.2) is 52.7 Å². The highest BCUT2D eigenvalue weighted by Crippen LogP contribution is 2.23. The molecular formula is C11H11ClN5-. The Morgan fingerprint density at radius 3 is 2.24 bits per heavy atom. The molecule has 2 aromatic rings. The lowest BCUT2D eigenvalue weighted by Gasteiger charge is -1.98. The van der Waals surface area contributed by atoms with E-state index in [2.05, 4.69) is 15.2 Å². The number of nitrogens with zero attached hydrogens (tertiary/aromatic N) is 3. The lowest BCUT2D eigenvalue weighted by molar-refractivity contribution is -0.00000345. The largest absolute Gasteiger partial charge is 1.00 e. The average Bonchev–Trinajstić information content (AvgIpc) is 2.29. The zero-order chi connectivity index (χ0) is 11.4. The Kier molecular flexibility index (Phi) is 4.42. The second kappa shape index (κ2) is 5.81. The van der Waals surface area contributed by atoms with Crippen LogP contribution in [0.3, 0.4) is 0 Å². The first kappa shape index (κ1) is 12.9. The molecule has 1 heterocycles. The highest BCUT2D eigenvalue weighted by atomic mass is 35.5. The Hall–Kier alpha value is -2.14. The number of anilines is 2. The summed E-state index contributed by atoms with van der Waals surface area (Å²) in [6, 6.07) is 12.7. The van der Waals surface area contributed by atoms with Crippen LogP contribution in [0.4, 0.5) is 23.0 Å². The molecule has 0 saturated heterocycles. The number of hydrogen-bond acceptors (Lipinski definition) is 5. The summed E-state index contributed by atoms with van der Waals surface area (Å²) in [6.07, 6.45) is 0. The van der Waals surface area contributed by atoms with Crippen molar-refractivity contribution in [3.8, 4) is 0 Å². The molecule has 17 heavy (non-hydrogen) atoms. The van der Waals surface area contributed by atoms with Gasteiger partial charge in [-0.05, 0) is 24.3 Å². The molecule has 0 aliphatic rings. The van der Waals surface area contributed by atoms with E-state index in [4.69, 9.17) is 11.5 Å². The third kappa shape index (κ3) is 3.42. The average molecular weight is 249 g/mol. The number of pyridine rings is 1. The van der Waals surface area contributed by atoms with E-state index in [1.165, 1.54) is 0 Å². The number of rotatable bonds is 2. The van der Waals surface area contributed by atoms with Crippen molar-refractivity contribution in [2.24, 2.45) is 10.2 Å². The summed E-state index contributed by atoms with van der Waals surface area (Å²) in [5.41, 5.74) is 12.4. The summed E-state index contributed by atoms with van der Waals surface area (Å²) in [5, 5.41) is 8.03. The summed E-state index contributed by atoms with van der Waals surface area (Å²) in [5.74, 6) is 0.649. The first-order valence-electron chi connectivity index (χ1n) is 4.74. The third-order valence-corrected chi connectivity index (χ3v) is 1.95. The fourth-order valence-electron chi connectivity index (χ4n) is 1.17. The summed E-state index contributed by atoms with van der Waals surface area (Å²) in [6.45, 7) is 0. The lowest BCUT2D eigenvalue weighted by atomic mass is 10.3. The number of benzene rings is 1. The van der Waals surface area contributed by atoms with Crippen molar-refractivity contribution in [1.82, 2.24) is 4.98 Å². The van der Waals surface area contributed by atoms with Crippen LogP contribution >= 0.6 is 0 Å². The second-order valence-corrected chi connectivity index (χ2v) is 3.18. The van der Waals surface area contributed by atoms with Gasteiger partial charge in [-0.1, -0.05) is 18.2 Å². The van der Waals surface area contributed by atoms with Crippen molar-refractivity contribution < 1.29 is 12.4 Å². The van der Waals surface area contributed by atoms with E-state index in [0.29, 0.717) is 11.5 Å². The molecule has 0 radical (unpaired) electrons. The molecule has 5 nitrogen and oxygen atoms in total. The molecule has 0 aliphatic carbocycles. The van der Waals surface area contributed by atoms with Gasteiger partial charge in [-0.3, -0.25) is 0 Å². The van der Waals surface area contributed by atoms with E-state index in [1.54, 1.807) is 12.1 Å². The van der Waals surface area contributed by atoms with Gasteiger partial charge in [0.2, 0.25) is 0 Å². The quantitative estimate of drug-likeness (QED) is 0.713. The molecule has 6 heteroatoms. The van der Waals surface area contributed by atoms with Gasteiger partial charge in [0.25, 0.3) is 0 Å². The molecule has 2 rings (SSSR count). The van der Waals surface area contributed by atoms with Crippen molar-refractivity contribution in [2.45, 2.75) is 0 Å². The number of azo groups is 1. The SMILES string of the molecule is Nc1ccc(N=Nc2ccccc2)c(N)n1.[Cl-]. The number of nitrogen functional groups attached to an aromatic ring is 2. The van der Waals surface area contributed by atoms with E-state index >= 15 is 0 Å². The van der Waals surface area contributed by atoms with Crippen LogP contribution in [0.5, 0.6) is 0 Å². The van der Waals surface area contributed by atoms with Crippen LogP contribution in [-0.4, -0.2) is 4.98 Å². The summed E-state index contributed by atoms with van der Waals surface area (Å²) in [7, 11) is 0. The minimum absolute atomic E-state index is 0. The van der Waals surface area contributed by atoms with Gasteiger partial charge in [0.1, 0.15) is 11.5 Å². The Bertz CT molecular complexity index is 513. The Morgan fingerprint density at radius 1 is 0.882 bits per heavy atom. The van der Waals surface area contributed by atoms with Crippen LogP contribution in [0.25, 0.3) is 0 Å². The Morgan fingerprint density at radius 2 is 1.59 bits per heavy atom. The monoisotopic (exact) mass is 248 g/mol. The van der Waals surface area contributed by atoms with Crippen LogP contribution in [0, 0.1) is 0 Å². The molecule has 1 aromatic carbocycles. The number of aromatic nitrogens is 1. The molecule has 0 saturated carbocycles. The Balaban J connectivity index is 0.00000144. The van der Waals surface area contributed by atoms with Gasteiger partial charge < -0.3 is 23.9 Å². The first-order valence-corrected chi connectivity index (χ1v) is 4.74. The topological polar surface area (TPSA) is 89.6 Å². The van der Waals surface area contributed by atoms with Gasteiger partial charge in [0, 0.05) is 0 Å². The van der Waals surface area contributed by atoms with Gasteiger partial charge in [-0.2, -0.15) is 5.11 Å². The summed E-state index contributed by atoms with van der Waals surface area (Å²) < 4.78 is 0. The highest BCUT2D eigenvalue weighted by Gasteiger charge is 1.98. The molecule has 88 valence electrons. The van der Waals surface area contributed by atoms with E-state index in [0.717, 1.165) is 5.69 Å². The molecule has 0 atom stereocenters. The maximum Gasteiger partial charge on any atom is 0.153 e. The summed E-state index contributed by atoms with van der Waals surface area (Å²) >= 11 is 0. The molecule has 0 unspecified atom stereocenters. The maximum absolute atomic E-state index is 5.64. The maximum atomic E-state index is 5.64. The number of nitrogens with two attached hydrogens (primary N) is 2. The van der Waals surface area contributed by atoms with E-state index in [1.807, 2.05) is 30.3 Å². The summed E-state index contributed by atoms with van der Waals surface area (Å²) in [4.78, 5) is 3.89. The van der Waals surface area contributed by atoms with Gasteiger partial charge >= 0.3 is 0 Å². The standard InChI is InChI=1S/C11H11N5.ClH/c12-10-7-6-9(11(13)14-10)16-15-8-4-2-1-3-5-8;/h1-7H,(H4,12,13,14);1H/p-1. The van der Waals surface area contributed by atoms with Crippen molar-refractivity contribution in [2.75, 3.05) is 11.5 Å². The van der Waals surface area contributed by atoms with Gasteiger partial charge in [-0.25, -0.2) is 4.98 Å². The lowest BCUT2D eigenvalue weighted by Crippen LogP contribution is -3.00. The van der Waals surface area contributed by atoms with Crippen LogP contribution in [-0.2, 0) is 0 Å².